The van der Waals surface area contributed by atoms with E-state index in [-0.39, 0.29) is 0 Å². The number of allylic oxidation sites excluding steroid dienone is 5. The van der Waals surface area contributed by atoms with Crippen LogP contribution in [0.4, 0.5) is 0 Å². The van der Waals surface area contributed by atoms with Gasteiger partial charge in [0.25, 0.3) is 0 Å². The van der Waals surface area contributed by atoms with E-state index in [2.05, 4.69) is 105 Å². The predicted molar refractivity (Wildman–Crippen MR) is 132 cm³/mol. The van der Waals surface area contributed by atoms with Crippen LogP contribution in [0.2, 0.25) is 9.26 Å². The van der Waals surface area contributed by atoms with Gasteiger partial charge in [0, 0.05) is 0 Å². The van der Waals surface area contributed by atoms with E-state index in [0.717, 1.165) is 6.42 Å². The van der Waals surface area contributed by atoms with Crippen molar-refractivity contribution in [1.29, 1.82) is 0 Å². The van der Waals surface area contributed by atoms with Crippen molar-refractivity contribution in [1.82, 2.24) is 0 Å². The summed E-state index contributed by atoms with van der Waals surface area (Å²) in [5, 5.41) is 0. The average molecular weight is 492 g/mol. The summed E-state index contributed by atoms with van der Waals surface area (Å²) in [5.41, 5.74) is 12.4. The van der Waals surface area contributed by atoms with Crippen LogP contribution in [0.15, 0.2) is 80.2 Å². The van der Waals surface area contributed by atoms with E-state index in [0.29, 0.717) is 9.54 Å². The third-order valence-electron chi connectivity index (χ3n) is 8.11. The number of hydrogen-bond acceptors (Lipinski definition) is 0. The van der Waals surface area contributed by atoms with Crippen LogP contribution in [0.25, 0.3) is 5.57 Å². The van der Waals surface area contributed by atoms with Crippen molar-refractivity contribution >= 4 is 12.5 Å². The molecule has 0 N–H and O–H groups in total. The molecule has 4 rings (SSSR count). The molecule has 30 heavy (non-hydrogen) atoms. The summed E-state index contributed by atoms with van der Waals surface area (Å²) in [7, 11) is 0. The molecule has 2 unspecified atom stereocenters. The number of benzene rings is 2. The van der Waals surface area contributed by atoms with Gasteiger partial charge in [-0.05, 0) is 0 Å². The SMILES string of the molecule is CCC1=C(c2ccccc2)c2ccccc2[CH]1[Zr]([CH3])([CH3])(=[SiH2])[C]1=C(C)C(C)=C(C)C1C. The van der Waals surface area contributed by atoms with Gasteiger partial charge in [0.1, 0.15) is 0 Å². The van der Waals surface area contributed by atoms with Crippen molar-refractivity contribution in [2.75, 3.05) is 0 Å². The maximum atomic E-state index is 2.73. The first-order valence-corrected chi connectivity index (χ1v) is 24.9. The summed E-state index contributed by atoms with van der Waals surface area (Å²) in [4.78, 5) is 0. The third kappa shape index (κ3) is 3.09. The van der Waals surface area contributed by atoms with Gasteiger partial charge in [-0.25, -0.2) is 0 Å². The summed E-state index contributed by atoms with van der Waals surface area (Å²) >= 11 is -3.39. The van der Waals surface area contributed by atoms with Gasteiger partial charge in [0.15, 0.2) is 0 Å². The Morgan fingerprint density at radius 1 is 0.867 bits per heavy atom. The quantitative estimate of drug-likeness (QED) is 0.387. The number of hydrogen-bond donors (Lipinski definition) is 0. The van der Waals surface area contributed by atoms with Crippen LogP contribution in [-0.4, -0.2) is 6.88 Å². The fraction of sp³-hybridized carbons (Fsp3) is 0.357. The van der Waals surface area contributed by atoms with E-state index in [1.165, 1.54) is 16.7 Å². The molecule has 2 heteroatoms. The van der Waals surface area contributed by atoms with Crippen molar-refractivity contribution in [2.45, 2.75) is 53.9 Å². The minimum atomic E-state index is -3.39. The molecule has 0 radical (unpaired) electrons. The summed E-state index contributed by atoms with van der Waals surface area (Å²) in [6, 6.07) is 20.4. The number of fused-ring (bicyclic) bond motifs is 1. The maximum absolute atomic E-state index is 3.39. The fourth-order valence-electron chi connectivity index (χ4n) is 6.71. The van der Waals surface area contributed by atoms with Crippen molar-refractivity contribution in [3.8, 4) is 0 Å². The molecule has 2 aromatic rings. The zero-order valence-electron chi connectivity index (χ0n) is 19.8. The molecule has 0 nitrogen and oxygen atoms in total. The average Bonchev–Trinajstić information content (AvgIpc) is 3.17. The van der Waals surface area contributed by atoms with Gasteiger partial charge in [0.05, 0.1) is 0 Å². The Balaban J connectivity index is 2.03. The van der Waals surface area contributed by atoms with E-state index in [4.69, 9.17) is 0 Å². The Morgan fingerprint density at radius 3 is 2.03 bits per heavy atom. The second-order valence-electron chi connectivity index (χ2n) is 10.5. The van der Waals surface area contributed by atoms with Crippen molar-refractivity contribution in [2.24, 2.45) is 5.92 Å². The van der Waals surface area contributed by atoms with Crippen LogP contribution in [0.3, 0.4) is 0 Å². The van der Waals surface area contributed by atoms with Crippen molar-refractivity contribution in [3.63, 3.8) is 0 Å². The first-order valence-electron chi connectivity index (χ1n) is 11.4. The standard InChI is InChI=1S/C17H15.C9H13.2CH3.H2Si.Zr/c1-2-13-12-15-10-6-7-11-16(15)17(13)14-8-4-3-5-9-14;1-6-5-7(2)9(4)8(6)3;;;;/h3-12H,2H2,1H3;6H,1-4H3;2*1H3;1H2;. The molecular weight excluding hydrogens is 456 g/mol. The van der Waals surface area contributed by atoms with Crippen molar-refractivity contribution in [3.05, 3.63) is 96.9 Å². The Bertz CT molecular complexity index is 1180. The molecule has 0 saturated heterocycles. The van der Waals surface area contributed by atoms with Crippen LogP contribution in [0.5, 0.6) is 0 Å². The van der Waals surface area contributed by atoms with E-state index >= 15 is 0 Å². The van der Waals surface area contributed by atoms with Gasteiger partial charge < -0.3 is 0 Å². The summed E-state index contributed by atoms with van der Waals surface area (Å²) in [6.07, 6.45) is 1.12. The Kier molecular flexibility index (Phi) is 5.43. The van der Waals surface area contributed by atoms with Crippen LogP contribution in [0.1, 0.15) is 61.4 Å². The fourth-order valence-corrected chi connectivity index (χ4v) is 27.8. The van der Waals surface area contributed by atoms with Gasteiger partial charge in [-0.3, -0.25) is 0 Å². The van der Waals surface area contributed by atoms with Crippen LogP contribution < -0.4 is 0 Å². The molecule has 0 aromatic heterocycles. The Morgan fingerprint density at radius 2 is 1.47 bits per heavy atom. The molecule has 2 atom stereocenters. The summed E-state index contributed by atoms with van der Waals surface area (Å²) < 4.78 is 7.88. The zero-order valence-corrected chi connectivity index (χ0v) is 23.6. The molecule has 0 spiro atoms. The van der Waals surface area contributed by atoms with E-state index in [1.807, 2.05) is 3.28 Å². The molecule has 0 heterocycles. The van der Waals surface area contributed by atoms with Crippen LogP contribution in [-0.2, 0) is 17.4 Å². The first-order chi connectivity index (χ1) is 14.1. The molecule has 156 valence electrons. The van der Waals surface area contributed by atoms with Gasteiger partial charge >= 0.3 is 187 Å². The predicted octanol–water partition coefficient (Wildman–Crippen LogP) is 7.55. The van der Waals surface area contributed by atoms with Gasteiger partial charge in [-0.2, -0.15) is 0 Å². The van der Waals surface area contributed by atoms with Gasteiger partial charge in [0.2, 0.25) is 0 Å². The second kappa shape index (κ2) is 7.42. The minimum absolute atomic E-state index is 0.590. The molecule has 2 aliphatic rings. The molecule has 0 saturated carbocycles. The molecular formula is C28H36SiZr. The molecule has 0 fully saturated rings. The molecule has 0 bridgehead atoms. The summed E-state index contributed by atoms with van der Waals surface area (Å²) in [6.45, 7) is 14.4. The molecule has 2 aliphatic carbocycles. The molecule has 2 aromatic carbocycles. The van der Waals surface area contributed by atoms with E-state index in [9.17, 15) is 0 Å². The second-order valence-corrected chi connectivity index (χ2v) is 39.9. The monoisotopic (exact) mass is 490 g/mol. The van der Waals surface area contributed by atoms with Crippen LogP contribution in [0, 0.1) is 5.92 Å². The van der Waals surface area contributed by atoms with E-state index in [1.54, 1.807) is 27.9 Å². The molecule has 0 aliphatic heterocycles. The van der Waals surface area contributed by atoms with Crippen molar-refractivity contribution < 1.29 is 17.4 Å². The summed E-state index contributed by atoms with van der Waals surface area (Å²) in [5.74, 6) is 0.592. The normalized spacial score (nSPS) is 22.3. The third-order valence-corrected chi connectivity index (χ3v) is 25.3. The van der Waals surface area contributed by atoms with Gasteiger partial charge in [-0.1, -0.05) is 0 Å². The first kappa shape index (κ1) is 22.0. The Hall–Kier alpha value is -1.24. The topological polar surface area (TPSA) is 0 Å². The Labute approximate surface area is 185 Å². The van der Waals surface area contributed by atoms with Gasteiger partial charge in [-0.15, -0.1) is 0 Å². The zero-order chi connectivity index (χ0) is 21.9. The van der Waals surface area contributed by atoms with E-state index < -0.39 is 17.4 Å². The number of rotatable bonds is 4. The van der Waals surface area contributed by atoms with Crippen LogP contribution >= 0.6 is 0 Å². The molecule has 0 amide bonds.